The summed E-state index contributed by atoms with van der Waals surface area (Å²) in [6.07, 6.45) is -4.12. The molecule has 0 fully saturated rings. The zero-order valence-electron chi connectivity index (χ0n) is 17.6. The molecule has 2 N–H and O–H groups in total. The van der Waals surface area contributed by atoms with E-state index in [1.807, 2.05) is 0 Å². The second-order valence-corrected chi connectivity index (χ2v) is 9.74. The van der Waals surface area contributed by atoms with Crippen molar-refractivity contribution in [3.05, 3.63) is 87.7 Å². The van der Waals surface area contributed by atoms with Crippen molar-refractivity contribution in [3.8, 4) is 5.75 Å². The third-order valence-electron chi connectivity index (χ3n) is 5.26. The fourth-order valence-corrected chi connectivity index (χ4v) is 4.80. The molecule has 1 aromatic heterocycles. The Balaban J connectivity index is 1.95. The average molecular weight is 550 g/mol. The molecular weight excluding hydrogens is 534 g/mol. The minimum atomic E-state index is -5.14. The highest BCUT2D eigenvalue weighted by Crippen LogP contribution is 2.50. The highest BCUT2D eigenvalue weighted by Gasteiger charge is 2.59. The maximum absolute atomic E-state index is 14.1. The molecule has 0 aliphatic heterocycles. The van der Waals surface area contributed by atoms with Gasteiger partial charge in [-0.25, -0.2) is 9.78 Å². The Hall–Kier alpha value is -2.86. The van der Waals surface area contributed by atoms with Crippen LogP contribution in [0.5, 0.6) is 5.75 Å². The average Bonchev–Trinajstić information content (AvgIpc) is 2.77. The Morgan fingerprint density at radius 1 is 1.06 bits per heavy atom. The molecule has 2 atom stereocenters. The van der Waals surface area contributed by atoms with Gasteiger partial charge in [-0.2, -0.15) is 21.6 Å². The van der Waals surface area contributed by atoms with Gasteiger partial charge in [-0.3, -0.25) is 0 Å². The number of rotatable bonds is 7. The first-order valence-corrected chi connectivity index (χ1v) is 11.8. The number of hydrogen-bond donors (Lipinski definition) is 2. The first-order chi connectivity index (χ1) is 16.2. The van der Waals surface area contributed by atoms with Crippen molar-refractivity contribution in [3.63, 3.8) is 0 Å². The van der Waals surface area contributed by atoms with Gasteiger partial charge in [0.05, 0.1) is 5.56 Å². The SMILES string of the molecule is C[C@H](c1ccc(OS(=O)(=O)c2ccc(C(=O)O)cc2)cc1Cl)[C@@](O)(c1ccnc(Cl)c1)C(F)(F)F. The van der Waals surface area contributed by atoms with E-state index in [2.05, 4.69) is 4.98 Å². The fraction of sp³-hybridized carbons (Fsp3) is 0.182. The van der Waals surface area contributed by atoms with Gasteiger partial charge >= 0.3 is 22.3 Å². The summed E-state index contributed by atoms with van der Waals surface area (Å²) < 4.78 is 72.2. The predicted octanol–water partition coefficient (Wildman–Crippen LogP) is 5.41. The molecule has 0 unspecified atom stereocenters. The molecule has 0 aliphatic rings. The van der Waals surface area contributed by atoms with Crippen LogP contribution in [0.1, 0.15) is 34.3 Å². The highest BCUT2D eigenvalue weighted by molar-refractivity contribution is 7.87. The van der Waals surface area contributed by atoms with Crippen LogP contribution < -0.4 is 4.18 Å². The molecule has 0 saturated heterocycles. The number of aliphatic hydroxyl groups is 1. The van der Waals surface area contributed by atoms with E-state index in [0.29, 0.717) is 0 Å². The molecule has 13 heteroatoms. The third-order valence-corrected chi connectivity index (χ3v) is 7.06. The maximum Gasteiger partial charge on any atom is 0.422 e. The van der Waals surface area contributed by atoms with E-state index in [0.717, 1.165) is 67.7 Å². The Bertz CT molecular complexity index is 1370. The number of pyridine rings is 1. The van der Waals surface area contributed by atoms with Gasteiger partial charge in [-0.1, -0.05) is 36.2 Å². The number of carboxylic acids is 1. The number of benzene rings is 2. The lowest BCUT2D eigenvalue weighted by Crippen LogP contribution is -2.46. The van der Waals surface area contributed by atoms with Crippen LogP contribution >= 0.6 is 23.2 Å². The Morgan fingerprint density at radius 2 is 1.69 bits per heavy atom. The lowest BCUT2D eigenvalue weighted by Gasteiger charge is -2.37. The molecule has 0 spiro atoms. The molecular formula is C22H16Cl2F3NO6S. The fourth-order valence-electron chi connectivity index (χ4n) is 3.37. The molecule has 3 aromatic rings. The number of aromatic carboxylic acids is 1. The summed E-state index contributed by atoms with van der Waals surface area (Å²) in [4.78, 5) is 14.2. The molecule has 35 heavy (non-hydrogen) atoms. The molecule has 2 aromatic carbocycles. The standard InChI is InChI=1S/C22H16Cl2F3NO6S/c1-12(21(31,22(25,26)27)14-8-9-28-19(24)10-14)17-7-4-15(11-18(17)23)34-35(32,33)16-5-2-13(3-6-16)20(29)30/h2-12,31H,1H3,(H,29,30)/t12-,21-/m1/s1. The molecule has 0 bridgehead atoms. The van der Waals surface area contributed by atoms with Crippen LogP contribution in [0.2, 0.25) is 10.2 Å². The number of alkyl halides is 3. The van der Waals surface area contributed by atoms with Gasteiger partial charge in [-0.15, -0.1) is 0 Å². The molecule has 0 saturated carbocycles. The Morgan fingerprint density at radius 3 is 2.20 bits per heavy atom. The minimum absolute atomic E-state index is 0.141. The van der Waals surface area contributed by atoms with Crippen LogP contribution in [0.25, 0.3) is 0 Å². The lowest BCUT2D eigenvalue weighted by molar-refractivity contribution is -0.274. The van der Waals surface area contributed by atoms with Gasteiger partial charge in [0.25, 0.3) is 0 Å². The quantitative estimate of drug-likeness (QED) is 0.299. The van der Waals surface area contributed by atoms with Crippen molar-refractivity contribution < 1.29 is 40.8 Å². The highest BCUT2D eigenvalue weighted by atomic mass is 35.5. The summed E-state index contributed by atoms with van der Waals surface area (Å²) in [6.45, 7) is 1.10. The monoisotopic (exact) mass is 549 g/mol. The van der Waals surface area contributed by atoms with E-state index in [1.165, 1.54) is 0 Å². The van der Waals surface area contributed by atoms with E-state index >= 15 is 0 Å². The Labute approximate surface area is 207 Å². The topological polar surface area (TPSA) is 114 Å². The van der Waals surface area contributed by atoms with Crippen molar-refractivity contribution in [1.82, 2.24) is 4.98 Å². The Kier molecular flexibility index (Phi) is 7.37. The van der Waals surface area contributed by atoms with Crippen LogP contribution in [0, 0.1) is 0 Å². The molecule has 0 aliphatic carbocycles. The van der Waals surface area contributed by atoms with Crippen molar-refractivity contribution in [1.29, 1.82) is 0 Å². The van der Waals surface area contributed by atoms with E-state index < -0.39 is 39.3 Å². The lowest BCUT2D eigenvalue weighted by atomic mass is 9.78. The second kappa shape index (κ2) is 9.65. The number of carbonyl (C=O) groups is 1. The van der Waals surface area contributed by atoms with Gasteiger partial charge in [-0.05, 0) is 53.6 Å². The van der Waals surface area contributed by atoms with Gasteiger partial charge < -0.3 is 14.4 Å². The number of nitrogens with zero attached hydrogens (tertiary/aromatic N) is 1. The first kappa shape index (κ1) is 26.7. The number of hydrogen-bond acceptors (Lipinski definition) is 6. The van der Waals surface area contributed by atoms with Crippen molar-refractivity contribution in [2.24, 2.45) is 0 Å². The summed E-state index contributed by atoms with van der Waals surface area (Å²) in [6, 6.07) is 9.23. The summed E-state index contributed by atoms with van der Waals surface area (Å²) in [5, 5.41) is 19.2. The van der Waals surface area contributed by atoms with E-state index in [4.69, 9.17) is 32.5 Å². The van der Waals surface area contributed by atoms with Crippen LogP contribution in [0.4, 0.5) is 13.2 Å². The summed E-state index contributed by atoms with van der Waals surface area (Å²) in [5.41, 5.74) is -4.24. The van der Waals surface area contributed by atoms with Crippen molar-refractivity contribution in [2.45, 2.75) is 29.5 Å². The van der Waals surface area contributed by atoms with E-state index in [9.17, 15) is 31.5 Å². The van der Waals surface area contributed by atoms with E-state index in [-0.39, 0.29) is 31.9 Å². The van der Waals surface area contributed by atoms with Gasteiger partial charge in [0, 0.05) is 23.2 Å². The number of aromatic nitrogens is 1. The van der Waals surface area contributed by atoms with Crippen molar-refractivity contribution >= 4 is 39.3 Å². The van der Waals surface area contributed by atoms with Gasteiger partial charge in [0.15, 0.2) is 5.60 Å². The molecule has 1 heterocycles. The van der Waals surface area contributed by atoms with Crippen molar-refractivity contribution in [2.75, 3.05) is 0 Å². The van der Waals surface area contributed by atoms with Crippen LogP contribution in [0.15, 0.2) is 65.7 Å². The summed E-state index contributed by atoms with van der Waals surface area (Å²) in [5.74, 6) is -3.21. The van der Waals surface area contributed by atoms with E-state index in [1.54, 1.807) is 0 Å². The molecule has 186 valence electrons. The van der Waals surface area contributed by atoms with Crippen LogP contribution in [-0.2, 0) is 15.7 Å². The molecule has 3 rings (SSSR count). The van der Waals surface area contributed by atoms with Crippen LogP contribution in [0.3, 0.4) is 0 Å². The summed E-state index contributed by atoms with van der Waals surface area (Å²) in [7, 11) is -4.41. The van der Waals surface area contributed by atoms with Gasteiger partial charge in [0.2, 0.25) is 0 Å². The predicted molar refractivity (Wildman–Crippen MR) is 120 cm³/mol. The second-order valence-electron chi connectivity index (χ2n) is 7.40. The normalized spacial score (nSPS) is 14.7. The molecule has 0 amide bonds. The van der Waals surface area contributed by atoms with Crippen LogP contribution in [-0.4, -0.2) is 35.8 Å². The van der Waals surface area contributed by atoms with Gasteiger partial charge in [0.1, 0.15) is 15.8 Å². The first-order valence-electron chi connectivity index (χ1n) is 9.65. The molecule has 7 nitrogen and oxygen atoms in total. The smallest absolute Gasteiger partial charge is 0.422 e. The minimum Gasteiger partial charge on any atom is -0.478 e. The summed E-state index contributed by atoms with van der Waals surface area (Å²) >= 11 is 11.9. The largest absolute Gasteiger partial charge is 0.478 e. The number of halogens is 5. The maximum atomic E-state index is 14.1. The third kappa shape index (κ3) is 5.37. The zero-order chi connectivity index (χ0) is 26.2. The zero-order valence-corrected chi connectivity index (χ0v) is 20.0. The molecule has 0 radical (unpaired) electrons. The number of carboxylic acid groups (broad SMARTS) is 1.